The Balaban J connectivity index is 1.77. The molecule has 0 radical (unpaired) electrons. The average Bonchev–Trinajstić information content (AvgIpc) is 2.89. The molecule has 0 unspecified atom stereocenters. The number of carbonyl (C=O) groups excluding carboxylic acids is 2. The highest BCUT2D eigenvalue weighted by Gasteiger charge is 2.15. The number of ether oxygens (including phenoxy) is 1. The molecule has 1 heterocycles. The van der Waals surface area contributed by atoms with Crippen molar-refractivity contribution in [2.75, 3.05) is 0 Å². The molecule has 0 saturated heterocycles. The first-order valence-corrected chi connectivity index (χ1v) is 7.38. The summed E-state index contributed by atoms with van der Waals surface area (Å²) >= 11 is 0. The highest BCUT2D eigenvalue weighted by molar-refractivity contribution is 5.97. The SMILES string of the molecule is CC(=O)c1ccc2c(c1)oc(=O)n2CC(=O)OCc1ccccc1. The van der Waals surface area contributed by atoms with Crippen molar-refractivity contribution in [3.05, 3.63) is 70.2 Å². The van der Waals surface area contributed by atoms with Crippen molar-refractivity contribution in [2.24, 2.45) is 0 Å². The molecule has 0 aliphatic carbocycles. The Morgan fingerprint density at radius 1 is 1.12 bits per heavy atom. The first-order valence-electron chi connectivity index (χ1n) is 7.38. The molecule has 0 N–H and O–H groups in total. The fourth-order valence-electron chi connectivity index (χ4n) is 2.35. The average molecular weight is 325 g/mol. The predicted octanol–water partition coefficient (Wildman–Crippen LogP) is 2.54. The minimum absolute atomic E-state index is 0.130. The van der Waals surface area contributed by atoms with Crippen LogP contribution in [0.5, 0.6) is 0 Å². The second-order valence-electron chi connectivity index (χ2n) is 5.34. The van der Waals surface area contributed by atoms with Gasteiger partial charge in [0, 0.05) is 5.56 Å². The van der Waals surface area contributed by atoms with E-state index in [4.69, 9.17) is 9.15 Å². The summed E-state index contributed by atoms with van der Waals surface area (Å²) in [7, 11) is 0. The van der Waals surface area contributed by atoms with Gasteiger partial charge in [-0.1, -0.05) is 30.3 Å². The highest BCUT2D eigenvalue weighted by atomic mass is 16.5. The predicted molar refractivity (Wildman–Crippen MR) is 86.7 cm³/mol. The third-order valence-corrected chi connectivity index (χ3v) is 3.60. The van der Waals surface area contributed by atoms with Crippen LogP contribution in [0.4, 0.5) is 0 Å². The fourth-order valence-corrected chi connectivity index (χ4v) is 2.35. The van der Waals surface area contributed by atoms with Crippen LogP contribution in [-0.4, -0.2) is 16.3 Å². The number of carbonyl (C=O) groups is 2. The van der Waals surface area contributed by atoms with Crippen LogP contribution >= 0.6 is 0 Å². The molecule has 0 aliphatic heterocycles. The molecular formula is C18H15NO5. The van der Waals surface area contributed by atoms with Crippen molar-refractivity contribution >= 4 is 22.9 Å². The molecule has 122 valence electrons. The molecular weight excluding hydrogens is 310 g/mol. The zero-order chi connectivity index (χ0) is 17.1. The number of hydrogen-bond acceptors (Lipinski definition) is 5. The van der Waals surface area contributed by atoms with E-state index in [1.54, 1.807) is 12.1 Å². The van der Waals surface area contributed by atoms with Gasteiger partial charge < -0.3 is 9.15 Å². The van der Waals surface area contributed by atoms with Crippen LogP contribution < -0.4 is 5.76 Å². The number of Topliss-reactive ketones (excluding diaryl/α,β-unsaturated/α-hetero) is 1. The monoisotopic (exact) mass is 325 g/mol. The first kappa shape index (κ1) is 15.7. The van der Waals surface area contributed by atoms with Crippen molar-refractivity contribution in [3.8, 4) is 0 Å². The lowest BCUT2D eigenvalue weighted by molar-refractivity contribution is -0.145. The summed E-state index contributed by atoms with van der Waals surface area (Å²) in [5.41, 5.74) is 2.02. The summed E-state index contributed by atoms with van der Waals surface area (Å²) in [4.78, 5) is 35.3. The van der Waals surface area contributed by atoms with Gasteiger partial charge in [-0.3, -0.25) is 14.2 Å². The number of benzene rings is 2. The molecule has 1 aromatic heterocycles. The van der Waals surface area contributed by atoms with Crippen LogP contribution in [0.25, 0.3) is 11.1 Å². The molecule has 0 bridgehead atoms. The van der Waals surface area contributed by atoms with E-state index in [1.807, 2.05) is 30.3 Å². The Bertz CT molecular complexity index is 952. The Labute approximate surface area is 137 Å². The van der Waals surface area contributed by atoms with Crippen molar-refractivity contribution in [2.45, 2.75) is 20.1 Å². The van der Waals surface area contributed by atoms with E-state index in [0.717, 1.165) is 5.56 Å². The van der Waals surface area contributed by atoms with Gasteiger partial charge in [0.2, 0.25) is 0 Å². The van der Waals surface area contributed by atoms with E-state index >= 15 is 0 Å². The van der Waals surface area contributed by atoms with Crippen molar-refractivity contribution in [1.29, 1.82) is 0 Å². The quantitative estimate of drug-likeness (QED) is 0.532. The van der Waals surface area contributed by atoms with Gasteiger partial charge >= 0.3 is 11.7 Å². The molecule has 6 heteroatoms. The Kier molecular flexibility index (Phi) is 4.29. The largest absolute Gasteiger partial charge is 0.459 e. The van der Waals surface area contributed by atoms with Crippen LogP contribution in [0.3, 0.4) is 0 Å². The number of esters is 1. The molecule has 0 amide bonds. The number of hydrogen-bond donors (Lipinski definition) is 0. The van der Waals surface area contributed by atoms with E-state index in [2.05, 4.69) is 0 Å². The van der Waals surface area contributed by atoms with E-state index < -0.39 is 11.7 Å². The van der Waals surface area contributed by atoms with E-state index in [-0.39, 0.29) is 24.5 Å². The van der Waals surface area contributed by atoms with Gasteiger partial charge in [-0.15, -0.1) is 0 Å². The lowest BCUT2D eigenvalue weighted by Crippen LogP contribution is -2.21. The zero-order valence-corrected chi connectivity index (χ0v) is 13.0. The first-order chi connectivity index (χ1) is 11.5. The Hall–Kier alpha value is -3.15. The number of nitrogens with zero attached hydrogens (tertiary/aromatic N) is 1. The van der Waals surface area contributed by atoms with Gasteiger partial charge in [0.25, 0.3) is 0 Å². The molecule has 0 saturated carbocycles. The second kappa shape index (κ2) is 6.54. The van der Waals surface area contributed by atoms with Gasteiger partial charge in [-0.05, 0) is 30.7 Å². The van der Waals surface area contributed by atoms with Gasteiger partial charge in [0.15, 0.2) is 11.4 Å². The maximum atomic E-state index is 12.0. The zero-order valence-electron chi connectivity index (χ0n) is 13.0. The number of aromatic nitrogens is 1. The van der Waals surface area contributed by atoms with Crippen molar-refractivity contribution in [1.82, 2.24) is 4.57 Å². The van der Waals surface area contributed by atoms with Gasteiger partial charge in [0.05, 0.1) is 5.52 Å². The molecule has 2 aromatic carbocycles. The third kappa shape index (κ3) is 3.27. The summed E-state index contributed by atoms with van der Waals surface area (Å²) in [6.07, 6.45) is 0. The Morgan fingerprint density at radius 3 is 2.58 bits per heavy atom. The minimum atomic E-state index is -0.664. The number of fused-ring (bicyclic) bond motifs is 1. The van der Waals surface area contributed by atoms with Gasteiger partial charge in [-0.2, -0.15) is 0 Å². The van der Waals surface area contributed by atoms with Crippen LogP contribution in [-0.2, 0) is 22.7 Å². The molecule has 3 aromatic rings. The molecule has 6 nitrogen and oxygen atoms in total. The van der Waals surface area contributed by atoms with Crippen LogP contribution in [0.15, 0.2) is 57.7 Å². The second-order valence-corrected chi connectivity index (χ2v) is 5.34. The maximum Gasteiger partial charge on any atom is 0.420 e. The van der Waals surface area contributed by atoms with Crippen LogP contribution in [0.1, 0.15) is 22.8 Å². The third-order valence-electron chi connectivity index (χ3n) is 3.60. The minimum Gasteiger partial charge on any atom is -0.459 e. The van der Waals surface area contributed by atoms with E-state index in [9.17, 15) is 14.4 Å². The standard InChI is InChI=1S/C18H15NO5/c1-12(20)14-7-8-15-16(9-14)24-18(22)19(15)10-17(21)23-11-13-5-3-2-4-6-13/h2-9H,10-11H2,1H3. The summed E-state index contributed by atoms with van der Waals surface area (Å²) in [6, 6.07) is 13.9. The maximum absolute atomic E-state index is 12.0. The molecule has 0 fully saturated rings. The highest BCUT2D eigenvalue weighted by Crippen LogP contribution is 2.16. The summed E-state index contributed by atoms with van der Waals surface area (Å²) in [5, 5.41) is 0. The molecule has 0 spiro atoms. The summed E-state index contributed by atoms with van der Waals surface area (Å²) in [6.45, 7) is 1.31. The number of oxazole rings is 1. The Morgan fingerprint density at radius 2 is 1.88 bits per heavy atom. The normalized spacial score (nSPS) is 10.7. The molecule has 0 aliphatic rings. The lowest BCUT2D eigenvalue weighted by atomic mass is 10.1. The number of ketones is 1. The lowest BCUT2D eigenvalue weighted by Gasteiger charge is -2.05. The van der Waals surface area contributed by atoms with Crippen LogP contribution in [0.2, 0.25) is 0 Å². The molecule has 3 rings (SSSR count). The summed E-state index contributed by atoms with van der Waals surface area (Å²) in [5.74, 6) is -1.34. The number of rotatable bonds is 5. The van der Waals surface area contributed by atoms with Gasteiger partial charge in [0.1, 0.15) is 13.2 Å². The summed E-state index contributed by atoms with van der Waals surface area (Å²) < 4.78 is 11.5. The fraction of sp³-hybridized carbons (Fsp3) is 0.167. The molecule has 24 heavy (non-hydrogen) atoms. The smallest absolute Gasteiger partial charge is 0.420 e. The van der Waals surface area contributed by atoms with E-state index in [1.165, 1.54) is 17.6 Å². The molecule has 0 atom stereocenters. The topological polar surface area (TPSA) is 78.5 Å². The van der Waals surface area contributed by atoms with Crippen molar-refractivity contribution in [3.63, 3.8) is 0 Å². The van der Waals surface area contributed by atoms with E-state index in [0.29, 0.717) is 11.1 Å². The van der Waals surface area contributed by atoms with Crippen molar-refractivity contribution < 1.29 is 18.7 Å². The van der Waals surface area contributed by atoms with Crippen LogP contribution in [0, 0.1) is 0 Å². The van der Waals surface area contributed by atoms with Gasteiger partial charge in [-0.25, -0.2) is 4.79 Å².